The van der Waals surface area contributed by atoms with Crippen LogP contribution in [0.15, 0.2) is 24.3 Å². The number of ether oxygens (including phenoxy) is 1. The molecule has 1 aliphatic carbocycles. The van der Waals surface area contributed by atoms with Crippen molar-refractivity contribution >= 4 is 11.9 Å². The molecule has 0 spiro atoms. The predicted molar refractivity (Wildman–Crippen MR) is 73.8 cm³/mol. The van der Waals surface area contributed by atoms with Crippen LogP contribution in [0.3, 0.4) is 0 Å². The molecule has 1 saturated carbocycles. The zero-order valence-corrected chi connectivity index (χ0v) is 11.5. The maximum absolute atomic E-state index is 12.2. The number of aliphatic carboxylic acids is 1. The van der Waals surface area contributed by atoms with Gasteiger partial charge in [-0.1, -0.05) is 18.6 Å². The molecule has 0 aromatic heterocycles. The Balaban J connectivity index is 2.02. The van der Waals surface area contributed by atoms with E-state index in [4.69, 9.17) is 9.84 Å². The zero-order valence-electron chi connectivity index (χ0n) is 11.5. The third-order valence-electron chi connectivity index (χ3n) is 3.71. The van der Waals surface area contributed by atoms with Crippen LogP contribution in [-0.4, -0.2) is 30.1 Å². The Morgan fingerprint density at radius 1 is 1.30 bits per heavy atom. The van der Waals surface area contributed by atoms with E-state index in [1.54, 1.807) is 24.3 Å². The molecule has 20 heavy (non-hydrogen) atoms. The van der Waals surface area contributed by atoms with Crippen LogP contribution in [0.25, 0.3) is 0 Å². The van der Waals surface area contributed by atoms with Gasteiger partial charge in [0, 0.05) is 6.04 Å². The molecule has 2 N–H and O–H groups in total. The average molecular weight is 277 g/mol. The van der Waals surface area contributed by atoms with E-state index in [0.717, 1.165) is 12.8 Å². The minimum Gasteiger partial charge on any atom is -0.496 e. The second-order valence-electron chi connectivity index (χ2n) is 5.07. The molecule has 0 heterocycles. The highest BCUT2D eigenvalue weighted by molar-refractivity contribution is 5.97. The van der Waals surface area contributed by atoms with Crippen LogP contribution in [0.1, 0.15) is 36.0 Å². The van der Waals surface area contributed by atoms with Gasteiger partial charge in [-0.2, -0.15) is 0 Å². The highest BCUT2D eigenvalue weighted by Gasteiger charge is 2.28. The van der Waals surface area contributed by atoms with Gasteiger partial charge in [0.2, 0.25) is 0 Å². The van der Waals surface area contributed by atoms with E-state index in [-0.39, 0.29) is 17.9 Å². The Labute approximate surface area is 117 Å². The number of benzene rings is 1. The maximum atomic E-state index is 12.2. The van der Waals surface area contributed by atoms with Crippen molar-refractivity contribution in [2.24, 2.45) is 5.92 Å². The molecule has 2 atom stereocenters. The molecular weight excluding hydrogens is 258 g/mol. The van der Waals surface area contributed by atoms with Crippen molar-refractivity contribution in [2.75, 3.05) is 7.11 Å². The van der Waals surface area contributed by atoms with Crippen molar-refractivity contribution in [1.29, 1.82) is 0 Å². The van der Waals surface area contributed by atoms with Gasteiger partial charge in [-0.15, -0.1) is 0 Å². The first-order valence-electron chi connectivity index (χ1n) is 6.78. The number of rotatable bonds is 4. The lowest BCUT2D eigenvalue weighted by molar-refractivity contribution is -0.143. The molecule has 0 aliphatic heterocycles. The summed E-state index contributed by atoms with van der Waals surface area (Å²) in [6, 6.07) is 6.93. The van der Waals surface area contributed by atoms with Crippen LogP contribution in [0.2, 0.25) is 0 Å². The molecule has 1 aromatic carbocycles. The molecule has 5 nitrogen and oxygen atoms in total. The van der Waals surface area contributed by atoms with Crippen LogP contribution in [0.4, 0.5) is 0 Å². The topological polar surface area (TPSA) is 75.6 Å². The highest BCUT2D eigenvalue weighted by atomic mass is 16.5. The van der Waals surface area contributed by atoms with E-state index in [1.165, 1.54) is 7.11 Å². The van der Waals surface area contributed by atoms with Gasteiger partial charge in [-0.05, 0) is 31.4 Å². The van der Waals surface area contributed by atoms with Gasteiger partial charge in [0.15, 0.2) is 0 Å². The Hall–Kier alpha value is -2.04. The van der Waals surface area contributed by atoms with Crippen LogP contribution in [0.5, 0.6) is 5.75 Å². The Bertz CT molecular complexity index is 500. The van der Waals surface area contributed by atoms with E-state index in [1.807, 2.05) is 0 Å². The highest BCUT2D eigenvalue weighted by Crippen LogP contribution is 2.25. The Kier molecular flexibility index (Phi) is 4.61. The van der Waals surface area contributed by atoms with E-state index in [0.29, 0.717) is 24.2 Å². The molecule has 108 valence electrons. The minimum absolute atomic E-state index is 0.0812. The van der Waals surface area contributed by atoms with Gasteiger partial charge < -0.3 is 15.2 Å². The Morgan fingerprint density at radius 3 is 2.75 bits per heavy atom. The van der Waals surface area contributed by atoms with Gasteiger partial charge in [0.25, 0.3) is 5.91 Å². The summed E-state index contributed by atoms with van der Waals surface area (Å²) >= 11 is 0. The van der Waals surface area contributed by atoms with E-state index in [9.17, 15) is 9.59 Å². The van der Waals surface area contributed by atoms with Gasteiger partial charge in [0.1, 0.15) is 5.75 Å². The number of para-hydroxylation sites is 1. The number of amides is 1. The fourth-order valence-corrected chi connectivity index (χ4v) is 2.64. The molecule has 1 fully saturated rings. The summed E-state index contributed by atoms with van der Waals surface area (Å²) in [5, 5.41) is 12.0. The first-order valence-corrected chi connectivity index (χ1v) is 6.78. The van der Waals surface area contributed by atoms with Gasteiger partial charge >= 0.3 is 5.97 Å². The number of carbonyl (C=O) groups is 2. The predicted octanol–water partition coefficient (Wildman–Crippen LogP) is 2.07. The lowest BCUT2D eigenvalue weighted by Gasteiger charge is -2.27. The van der Waals surface area contributed by atoms with Crippen molar-refractivity contribution in [3.63, 3.8) is 0 Å². The number of carboxylic acid groups (broad SMARTS) is 1. The summed E-state index contributed by atoms with van der Waals surface area (Å²) in [5.41, 5.74) is 0.479. The standard InChI is InChI=1S/C15H19NO4/c1-20-13-8-3-2-7-12(13)14(17)16-11-6-4-5-10(9-11)15(18)19/h2-3,7-8,10-11H,4-6,9H2,1H3,(H,16,17)(H,18,19). The van der Waals surface area contributed by atoms with Crippen LogP contribution in [-0.2, 0) is 4.79 Å². The fraction of sp³-hybridized carbons (Fsp3) is 0.467. The van der Waals surface area contributed by atoms with Gasteiger partial charge in [0.05, 0.1) is 18.6 Å². The lowest BCUT2D eigenvalue weighted by Crippen LogP contribution is -2.40. The fourth-order valence-electron chi connectivity index (χ4n) is 2.64. The lowest BCUT2D eigenvalue weighted by atomic mass is 9.85. The summed E-state index contributed by atoms with van der Waals surface area (Å²) < 4.78 is 5.16. The molecule has 2 rings (SSSR count). The van der Waals surface area contributed by atoms with E-state index in [2.05, 4.69) is 5.32 Å². The SMILES string of the molecule is COc1ccccc1C(=O)NC1CCCC(C(=O)O)C1. The van der Waals surface area contributed by atoms with Crippen molar-refractivity contribution in [1.82, 2.24) is 5.32 Å². The second-order valence-corrected chi connectivity index (χ2v) is 5.07. The molecule has 0 bridgehead atoms. The number of carboxylic acids is 1. The monoisotopic (exact) mass is 277 g/mol. The maximum Gasteiger partial charge on any atom is 0.306 e. The Morgan fingerprint density at radius 2 is 2.05 bits per heavy atom. The number of methoxy groups -OCH3 is 1. The molecule has 1 amide bonds. The number of nitrogens with one attached hydrogen (secondary N) is 1. The third kappa shape index (κ3) is 3.29. The van der Waals surface area contributed by atoms with Gasteiger partial charge in [-0.25, -0.2) is 0 Å². The first-order chi connectivity index (χ1) is 9.61. The van der Waals surface area contributed by atoms with Crippen molar-refractivity contribution in [3.8, 4) is 5.75 Å². The quantitative estimate of drug-likeness (QED) is 0.883. The van der Waals surface area contributed by atoms with Crippen molar-refractivity contribution in [3.05, 3.63) is 29.8 Å². The summed E-state index contributed by atoms with van der Waals surface area (Å²) in [5.74, 6) is -0.818. The smallest absolute Gasteiger partial charge is 0.306 e. The van der Waals surface area contributed by atoms with Crippen LogP contribution in [0, 0.1) is 5.92 Å². The van der Waals surface area contributed by atoms with Crippen LogP contribution >= 0.6 is 0 Å². The summed E-state index contributed by atoms with van der Waals surface area (Å²) in [7, 11) is 1.52. The number of hydrogen-bond donors (Lipinski definition) is 2. The summed E-state index contributed by atoms with van der Waals surface area (Å²) in [6.45, 7) is 0. The molecule has 2 unspecified atom stereocenters. The number of hydrogen-bond acceptors (Lipinski definition) is 3. The number of carbonyl (C=O) groups excluding carboxylic acids is 1. The molecule has 5 heteroatoms. The first kappa shape index (κ1) is 14.4. The average Bonchev–Trinajstić information content (AvgIpc) is 2.47. The minimum atomic E-state index is -0.777. The van der Waals surface area contributed by atoms with E-state index < -0.39 is 5.97 Å². The third-order valence-corrected chi connectivity index (χ3v) is 3.71. The second kappa shape index (κ2) is 6.41. The molecule has 1 aliphatic rings. The normalized spacial score (nSPS) is 22.1. The largest absolute Gasteiger partial charge is 0.496 e. The van der Waals surface area contributed by atoms with E-state index >= 15 is 0 Å². The van der Waals surface area contributed by atoms with Crippen molar-refractivity contribution in [2.45, 2.75) is 31.7 Å². The molecule has 1 aromatic rings. The van der Waals surface area contributed by atoms with Crippen molar-refractivity contribution < 1.29 is 19.4 Å². The molecule has 0 saturated heterocycles. The molecule has 0 radical (unpaired) electrons. The molecular formula is C15H19NO4. The zero-order chi connectivity index (χ0) is 14.5. The summed E-state index contributed by atoms with van der Waals surface area (Å²) in [6.07, 6.45) is 2.84. The van der Waals surface area contributed by atoms with Crippen LogP contribution < -0.4 is 10.1 Å². The van der Waals surface area contributed by atoms with Gasteiger partial charge in [-0.3, -0.25) is 9.59 Å². The summed E-state index contributed by atoms with van der Waals surface area (Å²) in [4.78, 5) is 23.3.